The van der Waals surface area contributed by atoms with Crippen LogP contribution < -0.4 is 0 Å². The lowest BCUT2D eigenvalue weighted by Gasteiger charge is -2.27. The predicted octanol–water partition coefficient (Wildman–Crippen LogP) is 41.8. The Morgan fingerprint density at radius 3 is 0.511 bits per heavy atom. The molecule has 0 bridgehead atoms. The molecule has 0 amide bonds. The van der Waals surface area contributed by atoms with Crippen LogP contribution in [-0.4, -0.2) is 0 Å². The van der Waals surface area contributed by atoms with E-state index in [1.807, 2.05) is 0 Å². The third-order valence-electron chi connectivity index (χ3n) is 26.3. The summed E-state index contributed by atoms with van der Waals surface area (Å²) in [7, 11) is 0. The molecule has 14 rings (SSSR count). The normalized spacial score (nSPS) is 12.5. The summed E-state index contributed by atoms with van der Waals surface area (Å²) in [6.45, 7) is 95.2. The van der Waals surface area contributed by atoms with Crippen LogP contribution in [0.2, 0.25) is 0 Å². The summed E-state index contributed by atoms with van der Waals surface area (Å²) in [5, 5.41) is 2.80. The fourth-order valence-electron chi connectivity index (χ4n) is 17.4. The molecule has 0 nitrogen and oxygen atoms in total. The van der Waals surface area contributed by atoms with Crippen LogP contribution in [0.15, 0.2) is 328 Å². The highest BCUT2D eigenvalue weighted by Crippen LogP contribution is 2.44. The number of hydrogen-bond donors (Lipinski definition) is 0. The Balaban J connectivity index is 0.000000220. The molecular weight excluding hydrogens is 1670 g/mol. The van der Waals surface area contributed by atoms with Gasteiger partial charge in [0.2, 0.25) is 0 Å². The van der Waals surface area contributed by atoms with Crippen LogP contribution in [0.5, 0.6) is 0 Å². The van der Waals surface area contributed by atoms with Crippen molar-refractivity contribution in [3.8, 4) is 66.8 Å². The van der Waals surface area contributed by atoms with E-state index in [9.17, 15) is 0 Å². The molecule has 0 aliphatic rings. The summed E-state index contributed by atoms with van der Waals surface area (Å²) < 4.78 is 0. The highest BCUT2D eigenvalue weighted by molar-refractivity contribution is 5.90. The quantitative estimate of drug-likeness (QED) is 0.156. The van der Waals surface area contributed by atoms with Crippen molar-refractivity contribution in [3.63, 3.8) is 0 Å². The molecule has 0 aromatic heterocycles. The maximum absolute atomic E-state index is 2.34. The Morgan fingerprint density at radius 2 is 0.281 bits per heavy atom. The van der Waals surface area contributed by atoms with Crippen LogP contribution in [0.1, 0.15) is 376 Å². The van der Waals surface area contributed by atoms with E-state index in [-0.39, 0.29) is 83.2 Å². The van der Waals surface area contributed by atoms with E-state index in [1.54, 1.807) is 0 Å². The molecule has 0 aliphatic heterocycles. The first-order valence-corrected chi connectivity index (χ1v) is 51.1. The van der Waals surface area contributed by atoms with E-state index < -0.39 is 0 Å². The van der Waals surface area contributed by atoms with Crippen molar-refractivity contribution in [1.82, 2.24) is 0 Å². The maximum Gasteiger partial charge on any atom is -0.0126 e. The summed E-state index contributed by atoms with van der Waals surface area (Å²) in [5.41, 5.74) is 38.1. The van der Waals surface area contributed by atoms with Gasteiger partial charge in [-0.15, -0.1) is 0 Å². The van der Waals surface area contributed by atoms with Crippen LogP contribution in [-0.2, 0) is 75.8 Å². The van der Waals surface area contributed by atoms with Crippen molar-refractivity contribution in [3.05, 3.63) is 405 Å². The highest BCUT2D eigenvalue weighted by atomic mass is 14.3. The second-order valence-electron chi connectivity index (χ2n) is 53.0. The van der Waals surface area contributed by atoms with Crippen LogP contribution in [0.3, 0.4) is 0 Å². The van der Waals surface area contributed by atoms with Gasteiger partial charge in [-0.1, -0.05) is 626 Å². The first-order chi connectivity index (χ1) is 63.3. The van der Waals surface area contributed by atoms with Gasteiger partial charge in [0.05, 0.1) is 0 Å². The predicted molar refractivity (Wildman–Crippen MR) is 624 cm³/mol. The Hall–Kier alpha value is -10.7. The van der Waals surface area contributed by atoms with Crippen molar-refractivity contribution < 1.29 is 0 Å². The summed E-state index contributed by atoms with van der Waals surface area (Å²) in [6, 6.07) is 120. The summed E-state index contributed by atoms with van der Waals surface area (Å²) in [4.78, 5) is 0. The number of hydrogen-bond acceptors (Lipinski definition) is 0. The Labute approximate surface area is 851 Å². The van der Waals surface area contributed by atoms with Gasteiger partial charge in [-0.3, -0.25) is 0 Å². The van der Waals surface area contributed by atoms with Gasteiger partial charge >= 0.3 is 0 Å². The van der Waals surface area contributed by atoms with Crippen molar-refractivity contribution in [1.29, 1.82) is 0 Å². The lowest BCUT2D eigenvalue weighted by Crippen LogP contribution is -2.16. The van der Waals surface area contributed by atoms with E-state index in [4.69, 9.17) is 0 Å². The van der Waals surface area contributed by atoms with Crippen molar-refractivity contribution in [2.24, 2.45) is 0 Å². The first kappa shape index (κ1) is 115. The Morgan fingerprint density at radius 1 is 0.108 bits per heavy atom. The van der Waals surface area contributed by atoms with Crippen molar-refractivity contribution in [2.75, 3.05) is 0 Å². The fraction of sp³-hybridized carbons (Fsp3) is 0.410. The first-order valence-electron chi connectivity index (χ1n) is 51.1. The lowest BCUT2D eigenvalue weighted by atomic mass is 9.77. The molecule has 0 aliphatic carbocycles. The zero-order valence-electron chi connectivity index (χ0n) is 94.2. The SMILES string of the molecule is C.CC(C)(C)c1ccc(-c2ccc(C(C)(C)C)cc2)cc1.CC(C)(C)c1ccc(-c2cccc(C(C)(C)C)c2)cc1.CC(C)(C)c1ccc(-c2ccccc2C(C)(C)C)cc1.CC(C)(C)c1ccc(C(C)(C)C)c2ccccc12.CC(C)(C)c1cccc(-c2cccc(C(C)(C)C)c2)c1.CC(C)(C)c1cccc(-c2ccccc2C(C)(C)C)c1.CC(C)(C)c1ccccc1-c1ccccc1C(C)(C)C. The van der Waals surface area contributed by atoms with Crippen LogP contribution in [0.4, 0.5) is 0 Å². The molecule has 0 unspecified atom stereocenters. The molecule has 0 spiro atoms. The molecule has 14 aromatic carbocycles. The van der Waals surface area contributed by atoms with Gasteiger partial charge in [-0.05, 0) is 231 Å². The standard InChI is InChI=1S/6C20H26.C18H24.CH4/c1-19(2,3)17-11-7-15(8-12-17)16-9-13-18(14-10-16)20(4,5)6;1-19(2,3)17-11-7-9-15(13-17)16-10-8-12-18(14-16)20(4,5)6;1-19(2,3)17-13-9-7-11-15(17)16-12-8-10-14-18(16)20(4,5)6;1-19(2,3)16-11-9-10-15(14-16)17-12-7-8-13-18(17)20(4,5)6;1-19(2,3)17-12-10-15(11-13-17)16-8-7-9-18(14-16)20(4,5)6;1-19(2,3)16-13-11-15(12-14-16)17-9-7-8-10-18(17)20(4,5)6;1-17(2,3)15-11-12-16(18(4,5)6)14-10-8-7-9-13(14)15;/h6*7-14H,1-6H3;7-12H,1-6H3;1H4. The molecule has 0 fully saturated rings. The van der Waals surface area contributed by atoms with Crippen molar-refractivity contribution >= 4 is 10.8 Å². The Kier molecular flexibility index (Phi) is 37.8. The average Bonchev–Trinajstić information content (AvgIpc) is 0.788. The zero-order chi connectivity index (χ0) is 103. The smallest absolute Gasteiger partial charge is 0.0126 e. The van der Waals surface area contributed by atoms with Gasteiger partial charge < -0.3 is 0 Å². The van der Waals surface area contributed by atoms with E-state index in [2.05, 4.69) is 618 Å². The third kappa shape index (κ3) is 33.2. The van der Waals surface area contributed by atoms with E-state index in [1.165, 1.54) is 155 Å². The summed E-state index contributed by atoms with van der Waals surface area (Å²) in [6.07, 6.45) is 0. The van der Waals surface area contributed by atoms with Crippen LogP contribution >= 0.6 is 0 Å². The van der Waals surface area contributed by atoms with Gasteiger partial charge in [0.25, 0.3) is 0 Å². The molecule has 0 atom stereocenters. The van der Waals surface area contributed by atoms with E-state index >= 15 is 0 Å². The molecule has 0 heterocycles. The monoisotopic (exact) mass is 1850 g/mol. The van der Waals surface area contributed by atoms with Gasteiger partial charge in [-0.25, -0.2) is 0 Å². The largest absolute Gasteiger partial charge is 0.0776 e. The minimum Gasteiger partial charge on any atom is -0.0776 e. The maximum atomic E-state index is 2.34. The van der Waals surface area contributed by atoms with Gasteiger partial charge in [-0.2, -0.15) is 0 Å². The fourth-order valence-corrected chi connectivity index (χ4v) is 17.4. The third-order valence-corrected chi connectivity index (χ3v) is 26.3. The number of fused-ring (bicyclic) bond motifs is 1. The average molecular weight is 1860 g/mol. The zero-order valence-corrected chi connectivity index (χ0v) is 94.2. The van der Waals surface area contributed by atoms with Gasteiger partial charge in [0.15, 0.2) is 0 Å². The van der Waals surface area contributed by atoms with E-state index in [0.29, 0.717) is 0 Å². The minimum atomic E-state index is 0. The van der Waals surface area contributed by atoms with Gasteiger partial charge in [0, 0.05) is 0 Å². The second-order valence-corrected chi connectivity index (χ2v) is 53.0. The molecule has 0 heteroatoms. The molecule has 14 aromatic rings. The topological polar surface area (TPSA) is 0 Å². The van der Waals surface area contributed by atoms with E-state index in [0.717, 1.165) is 0 Å². The molecule has 139 heavy (non-hydrogen) atoms. The molecule has 0 radical (unpaired) electrons. The Bertz CT molecular complexity index is 6000. The summed E-state index contributed by atoms with van der Waals surface area (Å²) >= 11 is 0. The molecule has 0 saturated carbocycles. The minimum absolute atomic E-state index is 0. The summed E-state index contributed by atoms with van der Waals surface area (Å²) in [5.74, 6) is 0. The highest BCUT2D eigenvalue weighted by Gasteiger charge is 2.29. The number of rotatable bonds is 6. The molecule has 0 N–H and O–H groups in total. The van der Waals surface area contributed by atoms with Crippen LogP contribution in [0, 0.1) is 0 Å². The molecule has 0 saturated heterocycles. The number of benzene rings is 14. The lowest BCUT2D eigenvalue weighted by molar-refractivity contribution is 0.585. The molecular formula is C139H184. The van der Waals surface area contributed by atoms with Gasteiger partial charge in [0.1, 0.15) is 0 Å². The van der Waals surface area contributed by atoms with Crippen molar-refractivity contribution in [2.45, 2.75) is 374 Å². The second kappa shape index (κ2) is 45.5. The molecule has 740 valence electrons. The van der Waals surface area contributed by atoms with Crippen LogP contribution in [0.25, 0.3) is 77.5 Å².